The molecule has 1 saturated carbocycles. The van der Waals surface area contributed by atoms with Crippen LogP contribution in [0.15, 0.2) is 29.2 Å². The lowest BCUT2D eigenvalue weighted by atomic mass is 10.1. The molecule has 0 amide bonds. The number of carboxylic acid groups (broad SMARTS) is 1. The fourth-order valence-corrected chi connectivity index (χ4v) is 3.93. The number of aliphatic carboxylic acids is 1. The van der Waals surface area contributed by atoms with E-state index in [1.807, 2.05) is 0 Å². The number of carbonyl (C=O) groups is 1. The summed E-state index contributed by atoms with van der Waals surface area (Å²) in [5, 5.41) is 8.68. The van der Waals surface area contributed by atoms with Crippen LogP contribution in [0.3, 0.4) is 0 Å². The second kappa shape index (κ2) is 5.93. The van der Waals surface area contributed by atoms with Gasteiger partial charge in [-0.1, -0.05) is 25.5 Å². The van der Waals surface area contributed by atoms with Crippen molar-refractivity contribution in [1.29, 1.82) is 0 Å². The third kappa shape index (κ3) is 3.58. The number of nitrogens with one attached hydrogen (secondary N) is 1. The van der Waals surface area contributed by atoms with E-state index in [4.69, 9.17) is 5.11 Å². The van der Waals surface area contributed by atoms with Gasteiger partial charge in [0.05, 0.1) is 11.3 Å². The van der Waals surface area contributed by atoms with Gasteiger partial charge >= 0.3 is 5.97 Å². The molecule has 6 heteroatoms. The Labute approximate surface area is 119 Å². The molecule has 1 aromatic rings. The van der Waals surface area contributed by atoms with Crippen LogP contribution < -0.4 is 4.72 Å². The summed E-state index contributed by atoms with van der Waals surface area (Å²) in [5.74, 6) is -0.574. The molecule has 0 spiro atoms. The standard InChI is InChI=1S/C14H19NO4S/c1-10-3-2-4-13(10)15-20(18,19)12-7-5-11(6-8-12)9-14(16)17/h5-8,10,13,15H,2-4,9H2,1H3,(H,16,17). The highest BCUT2D eigenvalue weighted by Crippen LogP contribution is 2.26. The van der Waals surface area contributed by atoms with Gasteiger partial charge in [0.2, 0.25) is 10.0 Å². The van der Waals surface area contributed by atoms with E-state index >= 15 is 0 Å². The Bertz CT molecular complexity index is 580. The van der Waals surface area contributed by atoms with Crippen molar-refractivity contribution < 1.29 is 18.3 Å². The van der Waals surface area contributed by atoms with Gasteiger partial charge in [0.15, 0.2) is 0 Å². The predicted molar refractivity (Wildman–Crippen MR) is 74.9 cm³/mol. The molecule has 0 bridgehead atoms. The molecule has 110 valence electrons. The lowest BCUT2D eigenvalue weighted by Gasteiger charge is -2.17. The van der Waals surface area contributed by atoms with Crippen LogP contribution in [0.1, 0.15) is 31.7 Å². The molecule has 5 nitrogen and oxygen atoms in total. The Balaban J connectivity index is 2.11. The quantitative estimate of drug-likeness (QED) is 0.867. The Kier molecular flexibility index (Phi) is 4.45. The van der Waals surface area contributed by atoms with Crippen LogP contribution >= 0.6 is 0 Å². The average Bonchev–Trinajstić information content (AvgIpc) is 2.74. The van der Waals surface area contributed by atoms with E-state index in [9.17, 15) is 13.2 Å². The van der Waals surface area contributed by atoms with Gasteiger partial charge in [-0.15, -0.1) is 0 Å². The predicted octanol–water partition coefficient (Wildman–Crippen LogP) is 1.78. The third-order valence-electron chi connectivity index (χ3n) is 3.76. The maximum atomic E-state index is 12.2. The molecule has 2 unspecified atom stereocenters. The first-order valence-electron chi connectivity index (χ1n) is 6.71. The minimum absolute atomic E-state index is 0.00121. The molecule has 0 aromatic heterocycles. The number of hydrogen-bond donors (Lipinski definition) is 2. The molecule has 0 aliphatic heterocycles. The summed E-state index contributed by atoms with van der Waals surface area (Å²) in [6.07, 6.45) is 2.86. The SMILES string of the molecule is CC1CCCC1NS(=O)(=O)c1ccc(CC(=O)O)cc1. The van der Waals surface area contributed by atoms with E-state index in [2.05, 4.69) is 11.6 Å². The first-order chi connectivity index (χ1) is 9.38. The topological polar surface area (TPSA) is 83.5 Å². The highest BCUT2D eigenvalue weighted by molar-refractivity contribution is 7.89. The molecular formula is C14H19NO4S. The highest BCUT2D eigenvalue weighted by Gasteiger charge is 2.28. The van der Waals surface area contributed by atoms with Crippen molar-refractivity contribution >= 4 is 16.0 Å². The fourth-order valence-electron chi connectivity index (χ4n) is 2.55. The molecule has 1 aliphatic carbocycles. The molecule has 1 aromatic carbocycles. The van der Waals surface area contributed by atoms with Crippen molar-refractivity contribution in [2.24, 2.45) is 5.92 Å². The Morgan fingerprint density at radius 1 is 1.30 bits per heavy atom. The van der Waals surface area contributed by atoms with Crippen molar-refractivity contribution in [2.45, 2.75) is 43.5 Å². The maximum absolute atomic E-state index is 12.2. The number of sulfonamides is 1. The van der Waals surface area contributed by atoms with Gasteiger partial charge in [0.25, 0.3) is 0 Å². The van der Waals surface area contributed by atoms with Gasteiger partial charge in [-0.25, -0.2) is 13.1 Å². The monoisotopic (exact) mass is 297 g/mol. The van der Waals surface area contributed by atoms with Crippen LogP contribution in [0, 0.1) is 5.92 Å². The van der Waals surface area contributed by atoms with Gasteiger partial charge in [-0.05, 0) is 36.5 Å². The van der Waals surface area contributed by atoms with Crippen LogP contribution in [0.4, 0.5) is 0 Å². The molecule has 0 radical (unpaired) electrons. The zero-order valence-electron chi connectivity index (χ0n) is 11.4. The Morgan fingerprint density at radius 3 is 2.45 bits per heavy atom. The average molecular weight is 297 g/mol. The van der Waals surface area contributed by atoms with E-state index in [0.29, 0.717) is 11.5 Å². The van der Waals surface area contributed by atoms with Gasteiger partial charge in [-0.2, -0.15) is 0 Å². The highest BCUT2D eigenvalue weighted by atomic mass is 32.2. The molecule has 0 saturated heterocycles. The number of carboxylic acids is 1. The van der Waals surface area contributed by atoms with Crippen LogP contribution in [0.5, 0.6) is 0 Å². The summed E-state index contributed by atoms with van der Waals surface area (Å²) < 4.78 is 27.2. The summed E-state index contributed by atoms with van der Waals surface area (Å²) in [4.78, 5) is 10.8. The minimum atomic E-state index is -3.52. The lowest BCUT2D eigenvalue weighted by Crippen LogP contribution is -2.36. The van der Waals surface area contributed by atoms with Crippen molar-refractivity contribution in [3.8, 4) is 0 Å². The fraction of sp³-hybridized carbons (Fsp3) is 0.500. The largest absolute Gasteiger partial charge is 0.481 e. The molecule has 1 aliphatic rings. The van der Waals surface area contributed by atoms with Crippen molar-refractivity contribution in [2.75, 3.05) is 0 Å². The molecule has 2 N–H and O–H groups in total. The third-order valence-corrected chi connectivity index (χ3v) is 5.26. The molecule has 2 atom stereocenters. The molecule has 1 fully saturated rings. The summed E-state index contributed by atoms with van der Waals surface area (Å²) >= 11 is 0. The molecule has 0 heterocycles. The smallest absolute Gasteiger partial charge is 0.307 e. The molecule has 2 rings (SSSR count). The van der Waals surface area contributed by atoms with E-state index in [1.165, 1.54) is 12.1 Å². The lowest BCUT2D eigenvalue weighted by molar-refractivity contribution is -0.136. The summed E-state index contributed by atoms with van der Waals surface area (Å²) in [6.45, 7) is 2.05. The van der Waals surface area contributed by atoms with Gasteiger partial charge < -0.3 is 5.11 Å². The Morgan fingerprint density at radius 2 is 1.95 bits per heavy atom. The second-order valence-electron chi connectivity index (χ2n) is 5.35. The summed E-state index contributed by atoms with van der Waals surface area (Å²) in [7, 11) is -3.52. The first kappa shape index (κ1) is 15.0. The van der Waals surface area contributed by atoms with Crippen molar-refractivity contribution in [3.63, 3.8) is 0 Å². The maximum Gasteiger partial charge on any atom is 0.307 e. The van der Waals surface area contributed by atoms with E-state index in [-0.39, 0.29) is 17.4 Å². The van der Waals surface area contributed by atoms with Crippen LogP contribution in [0.25, 0.3) is 0 Å². The van der Waals surface area contributed by atoms with E-state index in [0.717, 1.165) is 19.3 Å². The van der Waals surface area contributed by atoms with E-state index < -0.39 is 16.0 Å². The van der Waals surface area contributed by atoms with Crippen LogP contribution in [-0.2, 0) is 21.2 Å². The normalized spacial score (nSPS) is 22.9. The van der Waals surface area contributed by atoms with Gasteiger partial charge in [0.1, 0.15) is 0 Å². The van der Waals surface area contributed by atoms with Gasteiger partial charge in [-0.3, -0.25) is 4.79 Å². The minimum Gasteiger partial charge on any atom is -0.481 e. The Hall–Kier alpha value is -1.40. The van der Waals surface area contributed by atoms with Crippen molar-refractivity contribution in [1.82, 2.24) is 4.72 Å². The van der Waals surface area contributed by atoms with E-state index in [1.54, 1.807) is 12.1 Å². The van der Waals surface area contributed by atoms with Crippen LogP contribution in [-0.4, -0.2) is 25.5 Å². The van der Waals surface area contributed by atoms with Crippen molar-refractivity contribution in [3.05, 3.63) is 29.8 Å². The molecular weight excluding hydrogens is 278 g/mol. The summed E-state index contributed by atoms with van der Waals surface area (Å²) in [6, 6.07) is 6.00. The summed E-state index contributed by atoms with van der Waals surface area (Å²) in [5.41, 5.74) is 0.589. The van der Waals surface area contributed by atoms with Gasteiger partial charge in [0, 0.05) is 6.04 Å². The number of benzene rings is 1. The van der Waals surface area contributed by atoms with Crippen LogP contribution in [0.2, 0.25) is 0 Å². The number of hydrogen-bond acceptors (Lipinski definition) is 3. The zero-order valence-corrected chi connectivity index (χ0v) is 12.2. The molecule has 20 heavy (non-hydrogen) atoms. The zero-order chi connectivity index (χ0) is 14.8. The second-order valence-corrected chi connectivity index (χ2v) is 7.06. The first-order valence-corrected chi connectivity index (χ1v) is 8.20. The number of rotatable bonds is 5.